The van der Waals surface area contributed by atoms with E-state index >= 15 is 0 Å². The average Bonchev–Trinajstić information content (AvgIpc) is 2.58. The minimum atomic E-state index is -4.49. The standard InChI is InChI=1S/C20H20F3NO2/c21-20(22,23)17-8-7-16(12-19(24-14-25)9-4-10-19)11-18(17)26-13-15-5-2-1-3-6-15/h1-3,5-8,11,14H,4,9-10,12-13H2,(H,24,25). The van der Waals surface area contributed by atoms with Gasteiger partial charge in [0.15, 0.2) is 0 Å². The lowest BCUT2D eigenvalue weighted by Gasteiger charge is -2.41. The molecule has 0 saturated heterocycles. The van der Waals surface area contributed by atoms with Crippen molar-refractivity contribution in [3.8, 4) is 5.75 Å². The van der Waals surface area contributed by atoms with Gasteiger partial charge in [-0.1, -0.05) is 36.4 Å². The Kier molecular flexibility index (Phi) is 5.20. The molecule has 1 fully saturated rings. The molecule has 26 heavy (non-hydrogen) atoms. The molecule has 1 aliphatic rings. The summed E-state index contributed by atoms with van der Waals surface area (Å²) in [6.07, 6.45) is -0.680. The van der Waals surface area contributed by atoms with E-state index in [-0.39, 0.29) is 17.9 Å². The number of alkyl halides is 3. The summed E-state index contributed by atoms with van der Waals surface area (Å²) in [6.45, 7) is 0.0606. The van der Waals surface area contributed by atoms with Crippen molar-refractivity contribution in [2.75, 3.05) is 0 Å². The van der Waals surface area contributed by atoms with E-state index in [1.54, 1.807) is 12.1 Å². The zero-order valence-corrected chi connectivity index (χ0v) is 14.2. The summed E-state index contributed by atoms with van der Waals surface area (Å²) in [5.74, 6) is -0.181. The van der Waals surface area contributed by atoms with Crippen LogP contribution in [0.4, 0.5) is 13.2 Å². The minimum absolute atomic E-state index is 0.0606. The molecule has 2 aromatic rings. The van der Waals surface area contributed by atoms with E-state index in [1.807, 2.05) is 18.2 Å². The van der Waals surface area contributed by atoms with Crippen molar-refractivity contribution < 1.29 is 22.7 Å². The molecule has 1 amide bonds. The third-order valence-corrected chi connectivity index (χ3v) is 4.81. The molecule has 0 atom stereocenters. The van der Waals surface area contributed by atoms with Gasteiger partial charge in [0.1, 0.15) is 12.4 Å². The molecule has 3 nitrogen and oxygen atoms in total. The van der Waals surface area contributed by atoms with E-state index in [9.17, 15) is 18.0 Å². The smallest absolute Gasteiger partial charge is 0.419 e. The number of nitrogens with one attached hydrogen (secondary N) is 1. The van der Waals surface area contributed by atoms with E-state index < -0.39 is 11.7 Å². The van der Waals surface area contributed by atoms with E-state index in [0.29, 0.717) is 12.8 Å². The monoisotopic (exact) mass is 363 g/mol. The number of amides is 1. The first-order valence-electron chi connectivity index (χ1n) is 8.50. The fourth-order valence-corrected chi connectivity index (χ4v) is 3.26. The van der Waals surface area contributed by atoms with Crippen molar-refractivity contribution in [2.45, 2.75) is 44.0 Å². The van der Waals surface area contributed by atoms with Crippen LogP contribution in [0, 0.1) is 0 Å². The Morgan fingerprint density at radius 2 is 1.81 bits per heavy atom. The van der Waals surface area contributed by atoms with Crippen LogP contribution in [-0.4, -0.2) is 11.9 Å². The predicted octanol–water partition coefficient (Wildman–Crippen LogP) is 4.50. The number of hydrogen-bond donors (Lipinski definition) is 1. The SMILES string of the molecule is O=CNC1(Cc2ccc(C(F)(F)F)c(OCc3ccccc3)c2)CCC1. The van der Waals surface area contributed by atoms with Crippen LogP contribution >= 0.6 is 0 Å². The predicted molar refractivity (Wildman–Crippen MR) is 91.7 cm³/mol. The molecule has 1 aliphatic carbocycles. The molecule has 0 unspecified atom stereocenters. The lowest BCUT2D eigenvalue weighted by molar-refractivity contribution is -0.139. The van der Waals surface area contributed by atoms with E-state index in [2.05, 4.69) is 5.32 Å². The maximum atomic E-state index is 13.3. The Balaban J connectivity index is 1.83. The number of ether oxygens (including phenoxy) is 1. The molecule has 0 spiro atoms. The quantitative estimate of drug-likeness (QED) is 0.736. The van der Waals surface area contributed by atoms with Gasteiger partial charge in [0.05, 0.1) is 5.56 Å². The number of halogens is 3. The number of rotatable bonds is 7. The molecular formula is C20H20F3NO2. The number of carbonyl (C=O) groups excluding carboxylic acids is 1. The molecule has 0 bridgehead atoms. The second-order valence-corrected chi connectivity index (χ2v) is 6.68. The van der Waals surface area contributed by atoms with Gasteiger partial charge < -0.3 is 10.1 Å². The zero-order chi connectivity index (χ0) is 18.6. The van der Waals surface area contributed by atoms with Gasteiger partial charge >= 0.3 is 6.18 Å². The molecule has 0 aliphatic heterocycles. The van der Waals surface area contributed by atoms with Crippen LogP contribution in [0.1, 0.15) is 36.0 Å². The zero-order valence-electron chi connectivity index (χ0n) is 14.2. The van der Waals surface area contributed by atoms with Crippen molar-refractivity contribution in [1.29, 1.82) is 0 Å². The molecule has 0 aromatic heterocycles. The fraction of sp³-hybridized carbons (Fsp3) is 0.350. The van der Waals surface area contributed by atoms with Gasteiger partial charge in [-0.3, -0.25) is 4.79 Å². The Morgan fingerprint density at radius 1 is 1.08 bits per heavy atom. The summed E-state index contributed by atoms with van der Waals surface area (Å²) in [5, 5.41) is 2.82. The van der Waals surface area contributed by atoms with E-state index in [4.69, 9.17) is 4.74 Å². The summed E-state index contributed by atoms with van der Waals surface area (Å²) in [7, 11) is 0. The highest BCUT2D eigenvalue weighted by molar-refractivity contribution is 5.49. The summed E-state index contributed by atoms with van der Waals surface area (Å²) in [5.41, 5.74) is 0.375. The summed E-state index contributed by atoms with van der Waals surface area (Å²) in [4.78, 5) is 10.8. The van der Waals surface area contributed by atoms with Crippen molar-refractivity contribution in [2.24, 2.45) is 0 Å². The highest BCUT2D eigenvalue weighted by atomic mass is 19.4. The number of benzene rings is 2. The highest BCUT2D eigenvalue weighted by Crippen LogP contribution is 2.39. The molecule has 0 radical (unpaired) electrons. The molecular weight excluding hydrogens is 343 g/mol. The fourth-order valence-electron chi connectivity index (χ4n) is 3.26. The second kappa shape index (κ2) is 7.40. The molecule has 1 N–H and O–H groups in total. The van der Waals surface area contributed by atoms with Gasteiger partial charge in [0.2, 0.25) is 6.41 Å². The van der Waals surface area contributed by atoms with Crippen molar-refractivity contribution in [3.05, 3.63) is 65.2 Å². The summed E-state index contributed by atoms with van der Waals surface area (Å²) >= 11 is 0. The molecule has 138 valence electrons. The van der Waals surface area contributed by atoms with Crippen LogP contribution in [-0.2, 0) is 24.0 Å². The average molecular weight is 363 g/mol. The van der Waals surface area contributed by atoms with Crippen LogP contribution < -0.4 is 10.1 Å². The van der Waals surface area contributed by atoms with E-state index in [1.165, 1.54) is 12.1 Å². The maximum Gasteiger partial charge on any atom is 0.419 e. The van der Waals surface area contributed by atoms with Gasteiger partial charge in [-0.25, -0.2) is 0 Å². The summed E-state index contributed by atoms with van der Waals surface area (Å²) < 4.78 is 45.4. The van der Waals surface area contributed by atoms with Gasteiger partial charge in [0.25, 0.3) is 0 Å². The summed E-state index contributed by atoms with van der Waals surface area (Å²) in [6, 6.07) is 13.0. The lowest BCUT2D eigenvalue weighted by Crippen LogP contribution is -2.52. The van der Waals surface area contributed by atoms with Crippen LogP contribution in [0.15, 0.2) is 48.5 Å². The first-order valence-corrected chi connectivity index (χ1v) is 8.50. The van der Waals surface area contributed by atoms with Gasteiger partial charge in [0, 0.05) is 5.54 Å². The normalized spacial score (nSPS) is 15.8. The first kappa shape index (κ1) is 18.3. The van der Waals surface area contributed by atoms with Gasteiger partial charge in [-0.15, -0.1) is 0 Å². The van der Waals surface area contributed by atoms with Crippen LogP contribution in [0.5, 0.6) is 5.75 Å². The topological polar surface area (TPSA) is 38.3 Å². The Hall–Kier alpha value is -2.50. The second-order valence-electron chi connectivity index (χ2n) is 6.68. The van der Waals surface area contributed by atoms with E-state index in [0.717, 1.165) is 36.5 Å². The van der Waals surface area contributed by atoms with Crippen molar-refractivity contribution >= 4 is 6.41 Å². The highest BCUT2D eigenvalue weighted by Gasteiger charge is 2.38. The Morgan fingerprint density at radius 3 is 2.38 bits per heavy atom. The minimum Gasteiger partial charge on any atom is -0.488 e. The number of carbonyl (C=O) groups is 1. The van der Waals surface area contributed by atoms with Crippen LogP contribution in [0.3, 0.4) is 0 Å². The Bertz CT molecular complexity index is 755. The molecule has 6 heteroatoms. The molecule has 1 saturated carbocycles. The number of hydrogen-bond acceptors (Lipinski definition) is 2. The van der Waals surface area contributed by atoms with Crippen molar-refractivity contribution in [3.63, 3.8) is 0 Å². The lowest BCUT2D eigenvalue weighted by atomic mass is 9.73. The molecule has 3 rings (SSSR count). The molecule has 0 heterocycles. The van der Waals surface area contributed by atoms with Crippen LogP contribution in [0.2, 0.25) is 0 Å². The van der Waals surface area contributed by atoms with Crippen LogP contribution in [0.25, 0.3) is 0 Å². The largest absolute Gasteiger partial charge is 0.488 e. The maximum absolute atomic E-state index is 13.3. The van der Waals surface area contributed by atoms with Gasteiger partial charge in [-0.05, 0) is 48.9 Å². The third-order valence-electron chi connectivity index (χ3n) is 4.81. The third kappa shape index (κ3) is 4.18. The molecule has 2 aromatic carbocycles. The van der Waals surface area contributed by atoms with Gasteiger partial charge in [-0.2, -0.15) is 13.2 Å². The Labute approximate surface area is 150 Å². The van der Waals surface area contributed by atoms with Crippen molar-refractivity contribution in [1.82, 2.24) is 5.32 Å². The first-order chi connectivity index (χ1) is 12.4.